The molecule has 0 unspecified atom stereocenters. The first-order valence-corrected chi connectivity index (χ1v) is 8.72. The maximum absolute atomic E-state index is 12.9. The van der Waals surface area contributed by atoms with Gasteiger partial charge >= 0.3 is 0 Å². The Balaban J connectivity index is 1.60. The molecule has 4 heteroatoms. The second-order valence-electron chi connectivity index (χ2n) is 6.80. The highest BCUT2D eigenvalue weighted by Gasteiger charge is 2.39. The summed E-state index contributed by atoms with van der Waals surface area (Å²) in [6, 6.07) is 19.0. The van der Waals surface area contributed by atoms with E-state index in [9.17, 15) is 9.59 Å². The van der Waals surface area contributed by atoms with Crippen molar-refractivity contribution >= 4 is 34.0 Å². The summed E-state index contributed by atoms with van der Waals surface area (Å²) in [7, 11) is 0. The molecule has 4 rings (SSSR count). The van der Waals surface area contributed by atoms with Gasteiger partial charge in [0.15, 0.2) is 0 Å². The largest absolute Gasteiger partial charge is 0.373 e. The van der Waals surface area contributed by atoms with Gasteiger partial charge in [0.25, 0.3) is 5.91 Å². The molecule has 1 heterocycles. The standard InChI is InChI=1S/C22H20N2O2/c1-14-7-9-18(11-15(14)2)23-20-13-21(25)24(22(20)26)19-10-8-16-5-3-4-6-17(16)12-19/h3-12,20,23H,13H2,1-2H3/t20-/m0/s1. The number of aryl methyl sites for hydroxylation is 2. The summed E-state index contributed by atoms with van der Waals surface area (Å²) in [6.45, 7) is 4.08. The highest BCUT2D eigenvalue weighted by molar-refractivity contribution is 6.23. The minimum absolute atomic E-state index is 0.165. The van der Waals surface area contributed by atoms with Gasteiger partial charge in [0.1, 0.15) is 6.04 Å². The van der Waals surface area contributed by atoms with E-state index in [4.69, 9.17) is 0 Å². The van der Waals surface area contributed by atoms with Crippen LogP contribution in [0.4, 0.5) is 11.4 Å². The predicted molar refractivity (Wildman–Crippen MR) is 104 cm³/mol. The van der Waals surface area contributed by atoms with Gasteiger partial charge in [0.2, 0.25) is 5.91 Å². The molecule has 0 spiro atoms. The number of amides is 2. The molecule has 2 amide bonds. The number of benzene rings is 3. The van der Waals surface area contributed by atoms with Gasteiger partial charge in [-0.15, -0.1) is 0 Å². The molecule has 1 atom stereocenters. The van der Waals surface area contributed by atoms with Crippen molar-refractivity contribution in [3.05, 3.63) is 71.8 Å². The number of carbonyl (C=O) groups is 2. The zero-order valence-corrected chi connectivity index (χ0v) is 14.8. The van der Waals surface area contributed by atoms with E-state index in [0.717, 1.165) is 22.0 Å². The summed E-state index contributed by atoms with van der Waals surface area (Å²) in [5.41, 5.74) is 3.84. The van der Waals surface area contributed by atoms with Gasteiger partial charge in [-0.25, -0.2) is 4.90 Å². The molecule has 0 bridgehead atoms. The smallest absolute Gasteiger partial charge is 0.256 e. The topological polar surface area (TPSA) is 49.4 Å². The van der Waals surface area contributed by atoms with Crippen molar-refractivity contribution in [1.29, 1.82) is 0 Å². The first-order valence-electron chi connectivity index (χ1n) is 8.72. The summed E-state index contributed by atoms with van der Waals surface area (Å²) in [6.07, 6.45) is 0.165. The number of hydrogen-bond donors (Lipinski definition) is 1. The Morgan fingerprint density at radius 1 is 0.885 bits per heavy atom. The van der Waals surface area contributed by atoms with Gasteiger partial charge < -0.3 is 5.32 Å². The number of nitrogens with zero attached hydrogens (tertiary/aromatic N) is 1. The zero-order valence-electron chi connectivity index (χ0n) is 14.8. The van der Waals surface area contributed by atoms with Gasteiger partial charge in [-0.1, -0.05) is 36.4 Å². The Hall–Kier alpha value is -3.14. The van der Waals surface area contributed by atoms with Crippen LogP contribution in [0, 0.1) is 13.8 Å². The number of nitrogens with one attached hydrogen (secondary N) is 1. The van der Waals surface area contributed by atoms with Crippen molar-refractivity contribution in [3.63, 3.8) is 0 Å². The lowest BCUT2D eigenvalue weighted by molar-refractivity contribution is -0.121. The Morgan fingerprint density at radius 3 is 2.42 bits per heavy atom. The monoisotopic (exact) mass is 344 g/mol. The van der Waals surface area contributed by atoms with Gasteiger partial charge in [0, 0.05) is 5.69 Å². The third-order valence-electron chi connectivity index (χ3n) is 4.99. The highest BCUT2D eigenvalue weighted by Crippen LogP contribution is 2.28. The van der Waals surface area contributed by atoms with Crippen LogP contribution in [0.15, 0.2) is 60.7 Å². The molecule has 1 aliphatic rings. The maximum Gasteiger partial charge on any atom is 0.256 e. The molecule has 1 aliphatic heterocycles. The molecule has 3 aromatic rings. The molecular weight excluding hydrogens is 324 g/mol. The van der Waals surface area contributed by atoms with Gasteiger partial charge in [-0.3, -0.25) is 9.59 Å². The number of fused-ring (bicyclic) bond motifs is 1. The van der Waals surface area contributed by atoms with Crippen LogP contribution >= 0.6 is 0 Å². The molecule has 130 valence electrons. The Kier molecular flexibility index (Phi) is 3.96. The van der Waals surface area contributed by atoms with Crippen LogP contribution < -0.4 is 10.2 Å². The Morgan fingerprint density at radius 2 is 1.65 bits per heavy atom. The first kappa shape index (κ1) is 16.3. The van der Waals surface area contributed by atoms with Crippen LogP contribution in [0.1, 0.15) is 17.5 Å². The van der Waals surface area contributed by atoms with E-state index in [2.05, 4.69) is 5.32 Å². The number of anilines is 2. The van der Waals surface area contributed by atoms with E-state index in [-0.39, 0.29) is 18.2 Å². The number of rotatable bonds is 3. The minimum Gasteiger partial charge on any atom is -0.373 e. The lowest BCUT2D eigenvalue weighted by atomic mass is 10.1. The molecule has 1 N–H and O–H groups in total. The van der Waals surface area contributed by atoms with Crippen LogP contribution in [0.25, 0.3) is 10.8 Å². The number of hydrogen-bond acceptors (Lipinski definition) is 3. The summed E-state index contributed by atoms with van der Waals surface area (Å²) >= 11 is 0. The van der Waals surface area contributed by atoms with Crippen molar-refractivity contribution in [3.8, 4) is 0 Å². The normalized spacial score (nSPS) is 17.2. The van der Waals surface area contributed by atoms with Crippen molar-refractivity contribution in [2.75, 3.05) is 10.2 Å². The van der Waals surface area contributed by atoms with E-state index in [0.29, 0.717) is 5.69 Å². The quantitative estimate of drug-likeness (QED) is 0.725. The number of imide groups is 1. The van der Waals surface area contributed by atoms with Gasteiger partial charge in [0.05, 0.1) is 12.1 Å². The fourth-order valence-corrected chi connectivity index (χ4v) is 3.36. The molecule has 26 heavy (non-hydrogen) atoms. The van der Waals surface area contributed by atoms with Crippen LogP contribution in [-0.4, -0.2) is 17.9 Å². The van der Waals surface area contributed by atoms with Crippen LogP contribution in [0.5, 0.6) is 0 Å². The average Bonchev–Trinajstić information content (AvgIpc) is 2.91. The predicted octanol–water partition coefficient (Wildman–Crippen LogP) is 4.20. The van der Waals surface area contributed by atoms with E-state index in [1.165, 1.54) is 10.5 Å². The van der Waals surface area contributed by atoms with Gasteiger partial charge in [-0.05, 0) is 60.0 Å². The SMILES string of the molecule is Cc1ccc(N[C@H]2CC(=O)N(c3ccc4ccccc4c3)C2=O)cc1C. The second kappa shape index (κ2) is 6.30. The van der Waals surface area contributed by atoms with Crippen molar-refractivity contribution in [2.24, 2.45) is 0 Å². The van der Waals surface area contributed by atoms with Crippen molar-refractivity contribution < 1.29 is 9.59 Å². The van der Waals surface area contributed by atoms with E-state index >= 15 is 0 Å². The molecule has 1 saturated heterocycles. The maximum atomic E-state index is 12.9. The molecular formula is C22H20N2O2. The molecule has 3 aromatic carbocycles. The van der Waals surface area contributed by atoms with E-state index in [1.807, 2.05) is 74.5 Å². The third kappa shape index (κ3) is 2.84. The zero-order chi connectivity index (χ0) is 18.3. The lowest BCUT2D eigenvalue weighted by Gasteiger charge is -2.17. The average molecular weight is 344 g/mol. The minimum atomic E-state index is -0.531. The van der Waals surface area contributed by atoms with E-state index < -0.39 is 6.04 Å². The number of carbonyl (C=O) groups excluding carboxylic acids is 2. The van der Waals surface area contributed by atoms with Crippen molar-refractivity contribution in [2.45, 2.75) is 26.3 Å². The lowest BCUT2D eigenvalue weighted by Crippen LogP contribution is -2.34. The van der Waals surface area contributed by atoms with Crippen LogP contribution in [0.3, 0.4) is 0 Å². The first-order chi connectivity index (χ1) is 12.5. The van der Waals surface area contributed by atoms with Crippen molar-refractivity contribution in [1.82, 2.24) is 0 Å². The molecule has 4 nitrogen and oxygen atoms in total. The summed E-state index contributed by atoms with van der Waals surface area (Å²) in [5.74, 6) is -0.380. The summed E-state index contributed by atoms with van der Waals surface area (Å²) in [5, 5.41) is 5.31. The van der Waals surface area contributed by atoms with Crippen LogP contribution in [-0.2, 0) is 9.59 Å². The molecule has 0 saturated carbocycles. The Labute approximate surface area is 152 Å². The molecule has 0 radical (unpaired) electrons. The fraction of sp³-hybridized carbons (Fsp3) is 0.182. The van der Waals surface area contributed by atoms with Crippen LogP contribution in [0.2, 0.25) is 0 Å². The van der Waals surface area contributed by atoms with Gasteiger partial charge in [-0.2, -0.15) is 0 Å². The summed E-state index contributed by atoms with van der Waals surface area (Å²) in [4.78, 5) is 26.7. The third-order valence-corrected chi connectivity index (χ3v) is 4.99. The fourth-order valence-electron chi connectivity index (χ4n) is 3.36. The Bertz CT molecular complexity index is 1030. The molecule has 1 fully saturated rings. The second-order valence-corrected chi connectivity index (χ2v) is 6.80. The molecule has 0 aliphatic carbocycles. The van der Waals surface area contributed by atoms with E-state index in [1.54, 1.807) is 0 Å². The summed E-state index contributed by atoms with van der Waals surface area (Å²) < 4.78 is 0. The molecule has 0 aromatic heterocycles. The highest BCUT2D eigenvalue weighted by atomic mass is 16.2.